The molecule has 0 aliphatic carbocycles. The van der Waals surface area contributed by atoms with Crippen molar-refractivity contribution in [1.29, 1.82) is 0 Å². The highest BCUT2D eigenvalue weighted by Crippen LogP contribution is 2.09. The normalized spacial score (nSPS) is 12.1. The topological polar surface area (TPSA) is 97.7 Å². The molecule has 0 spiro atoms. The highest BCUT2D eigenvalue weighted by molar-refractivity contribution is 7.91. The summed E-state index contributed by atoms with van der Waals surface area (Å²) in [6.07, 6.45) is 3.93. The molecule has 2 heterocycles. The van der Waals surface area contributed by atoms with Gasteiger partial charge in [-0.05, 0) is 18.0 Å². The zero-order valence-electron chi connectivity index (χ0n) is 11.7. The van der Waals surface area contributed by atoms with Crippen molar-refractivity contribution < 1.29 is 8.42 Å². The van der Waals surface area contributed by atoms with Crippen LogP contribution in [-0.2, 0) is 16.4 Å². The van der Waals surface area contributed by atoms with Crippen LogP contribution in [0.4, 0.5) is 0 Å². The Labute approximate surface area is 127 Å². The molecule has 7 nitrogen and oxygen atoms in total. The second-order valence-corrected chi connectivity index (χ2v) is 7.48. The Morgan fingerprint density at radius 2 is 2.10 bits per heavy atom. The maximum atomic E-state index is 11.9. The first-order chi connectivity index (χ1) is 9.93. The summed E-state index contributed by atoms with van der Waals surface area (Å²) in [5.41, 5.74) is 0.168. The molecule has 2 aromatic heterocycles. The average molecular weight is 333 g/mol. The van der Waals surface area contributed by atoms with Crippen LogP contribution in [0.15, 0.2) is 11.0 Å². The summed E-state index contributed by atoms with van der Waals surface area (Å²) in [5.74, 6) is 0.121. The van der Waals surface area contributed by atoms with Crippen molar-refractivity contribution in [1.82, 2.24) is 19.7 Å². The molecule has 0 fully saturated rings. The number of halogens is 1. The lowest BCUT2D eigenvalue weighted by Gasteiger charge is -2.05. The molecule has 116 valence electrons. The molecule has 1 N–H and O–H groups in total. The molecular weight excluding hydrogens is 316 g/mol. The van der Waals surface area contributed by atoms with E-state index in [-0.39, 0.29) is 28.9 Å². The van der Waals surface area contributed by atoms with Crippen molar-refractivity contribution >= 4 is 32.5 Å². The first-order valence-electron chi connectivity index (χ1n) is 6.74. The van der Waals surface area contributed by atoms with Crippen LogP contribution in [0.25, 0.3) is 11.0 Å². The highest BCUT2D eigenvalue weighted by Gasteiger charge is 2.14. The number of nitrogens with one attached hydrogen (secondary N) is 1. The lowest BCUT2D eigenvalue weighted by Crippen LogP contribution is -2.19. The third-order valence-electron chi connectivity index (χ3n) is 3.14. The minimum absolute atomic E-state index is 0.0146. The van der Waals surface area contributed by atoms with Gasteiger partial charge in [0.25, 0.3) is 5.56 Å². The molecule has 21 heavy (non-hydrogen) atoms. The van der Waals surface area contributed by atoms with Gasteiger partial charge >= 0.3 is 0 Å². The monoisotopic (exact) mass is 332 g/mol. The summed E-state index contributed by atoms with van der Waals surface area (Å²) in [4.78, 5) is 18.1. The van der Waals surface area contributed by atoms with Gasteiger partial charge in [0, 0.05) is 0 Å². The first kappa shape index (κ1) is 16.0. The summed E-state index contributed by atoms with van der Waals surface area (Å²) in [7, 11) is -3.14. The van der Waals surface area contributed by atoms with Crippen molar-refractivity contribution in [3.05, 3.63) is 21.8 Å². The number of unbranched alkanes of at least 4 members (excludes halogenated alkanes) is 2. The number of aromatic amines is 1. The van der Waals surface area contributed by atoms with Crippen LogP contribution in [0.3, 0.4) is 0 Å². The second kappa shape index (κ2) is 6.57. The Morgan fingerprint density at radius 3 is 2.81 bits per heavy atom. The third kappa shape index (κ3) is 4.04. The van der Waals surface area contributed by atoms with E-state index in [2.05, 4.69) is 15.1 Å². The third-order valence-corrected chi connectivity index (χ3v) is 5.04. The van der Waals surface area contributed by atoms with Crippen LogP contribution in [0.1, 0.15) is 26.2 Å². The SMILES string of the molecule is CCCCCS(=O)(=O)CCn1ncc2nc(Cl)[nH]c(=O)c21. The number of aryl methyl sites for hydroxylation is 1. The van der Waals surface area contributed by atoms with Crippen molar-refractivity contribution in [2.24, 2.45) is 0 Å². The molecule has 0 amide bonds. The second-order valence-electron chi connectivity index (χ2n) is 4.82. The number of nitrogens with zero attached hydrogens (tertiary/aromatic N) is 3. The molecule has 0 aliphatic heterocycles. The Hall–Kier alpha value is -1.41. The molecule has 0 aromatic carbocycles. The van der Waals surface area contributed by atoms with Gasteiger partial charge in [-0.25, -0.2) is 13.4 Å². The van der Waals surface area contributed by atoms with E-state index in [9.17, 15) is 13.2 Å². The molecule has 9 heteroatoms. The Kier molecular flexibility index (Phi) is 5.00. The number of fused-ring (bicyclic) bond motifs is 1. The van der Waals surface area contributed by atoms with Crippen molar-refractivity contribution in [2.45, 2.75) is 32.7 Å². The summed E-state index contributed by atoms with van der Waals surface area (Å²) < 4.78 is 25.2. The zero-order chi connectivity index (χ0) is 15.5. The van der Waals surface area contributed by atoms with Gasteiger partial charge in [0.15, 0.2) is 15.4 Å². The van der Waals surface area contributed by atoms with Crippen LogP contribution < -0.4 is 5.56 Å². The highest BCUT2D eigenvalue weighted by atomic mass is 35.5. The van der Waals surface area contributed by atoms with Crippen LogP contribution in [0, 0.1) is 0 Å². The maximum absolute atomic E-state index is 11.9. The van der Waals surface area contributed by atoms with E-state index in [1.807, 2.05) is 6.92 Å². The zero-order valence-corrected chi connectivity index (χ0v) is 13.2. The minimum Gasteiger partial charge on any atom is -0.295 e. The van der Waals surface area contributed by atoms with E-state index < -0.39 is 15.4 Å². The molecule has 0 aliphatic rings. The summed E-state index contributed by atoms with van der Waals surface area (Å²) in [6, 6.07) is 0. The molecular formula is C12H17ClN4O3S. The molecule has 2 aromatic rings. The fourth-order valence-corrected chi connectivity index (χ4v) is 3.52. The van der Waals surface area contributed by atoms with E-state index in [1.165, 1.54) is 10.9 Å². The summed E-state index contributed by atoms with van der Waals surface area (Å²) in [6.45, 7) is 2.15. The Bertz CT molecular complexity index is 781. The van der Waals surface area contributed by atoms with E-state index in [4.69, 9.17) is 11.6 Å². The van der Waals surface area contributed by atoms with Crippen LogP contribution in [0.5, 0.6) is 0 Å². The number of sulfone groups is 1. The molecule has 0 bridgehead atoms. The minimum atomic E-state index is -3.14. The van der Waals surface area contributed by atoms with E-state index in [0.717, 1.165) is 12.8 Å². The van der Waals surface area contributed by atoms with E-state index in [1.54, 1.807) is 0 Å². The van der Waals surface area contributed by atoms with E-state index >= 15 is 0 Å². The van der Waals surface area contributed by atoms with Gasteiger partial charge in [-0.1, -0.05) is 19.8 Å². The van der Waals surface area contributed by atoms with Gasteiger partial charge in [0.1, 0.15) is 5.52 Å². The number of rotatable bonds is 7. The quantitative estimate of drug-likeness (QED) is 0.610. The van der Waals surface area contributed by atoms with Crippen molar-refractivity contribution in [3.8, 4) is 0 Å². The van der Waals surface area contributed by atoms with Crippen LogP contribution in [-0.4, -0.2) is 39.7 Å². The van der Waals surface area contributed by atoms with Gasteiger partial charge in [-0.15, -0.1) is 0 Å². The van der Waals surface area contributed by atoms with Crippen molar-refractivity contribution in [2.75, 3.05) is 11.5 Å². The first-order valence-corrected chi connectivity index (χ1v) is 8.94. The summed E-state index contributed by atoms with van der Waals surface area (Å²) >= 11 is 5.65. The fraction of sp³-hybridized carbons (Fsp3) is 0.583. The average Bonchev–Trinajstić information content (AvgIpc) is 2.80. The molecule has 0 unspecified atom stereocenters. The predicted octanol–water partition coefficient (Wildman–Crippen LogP) is 1.38. The molecule has 0 atom stereocenters. The fourth-order valence-electron chi connectivity index (χ4n) is 2.05. The Morgan fingerprint density at radius 1 is 1.33 bits per heavy atom. The van der Waals surface area contributed by atoms with Gasteiger partial charge in [0.05, 0.1) is 24.2 Å². The number of hydrogen-bond acceptors (Lipinski definition) is 5. The summed E-state index contributed by atoms with van der Waals surface area (Å²) in [5, 5.41) is 3.99. The lowest BCUT2D eigenvalue weighted by atomic mass is 10.3. The standard InChI is InChI=1S/C12H17ClN4O3S/c1-2-3-4-6-21(19,20)7-5-17-10-9(8-14-17)15-12(13)16-11(10)18/h8H,2-7H2,1H3,(H,15,16,18). The van der Waals surface area contributed by atoms with E-state index in [0.29, 0.717) is 11.9 Å². The van der Waals surface area contributed by atoms with Crippen LogP contribution >= 0.6 is 11.6 Å². The van der Waals surface area contributed by atoms with Gasteiger partial charge < -0.3 is 0 Å². The maximum Gasteiger partial charge on any atom is 0.278 e. The largest absolute Gasteiger partial charge is 0.295 e. The number of H-pyrrole nitrogens is 1. The lowest BCUT2D eigenvalue weighted by molar-refractivity contribution is 0.579. The predicted molar refractivity (Wildman–Crippen MR) is 81.3 cm³/mol. The smallest absolute Gasteiger partial charge is 0.278 e. The molecule has 0 radical (unpaired) electrons. The van der Waals surface area contributed by atoms with Gasteiger partial charge in [-0.3, -0.25) is 14.5 Å². The van der Waals surface area contributed by atoms with Crippen molar-refractivity contribution in [3.63, 3.8) is 0 Å². The molecule has 0 saturated carbocycles. The van der Waals surface area contributed by atoms with Gasteiger partial charge in [0.2, 0.25) is 5.28 Å². The Balaban J connectivity index is 2.12. The van der Waals surface area contributed by atoms with Crippen LogP contribution in [0.2, 0.25) is 5.28 Å². The number of aromatic nitrogens is 4. The molecule has 0 saturated heterocycles. The van der Waals surface area contributed by atoms with Gasteiger partial charge in [-0.2, -0.15) is 5.10 Å². The number of hydrogen-bond donors (Lipinski definition) is 1. The molecule has 2 rings (SSSR count).